The van der Waals surface area contributed by atoms with E-state index in [-0.39, 0.29) is 11.7 Å². The first-order chi connectivity index (χ1) is 8.97. The van der Waals surface area contributed by atoms with Crippen LogP contribution in [-0.2, 0) is 0 Å². The molecule has 0 radical (unpaired) electrons. The zero-order valence-corrected chi connectivity index (χ0v) is 12.2. The molecule has 2 aromatic carbocycles. The van der Waals surface area contributed by atoms with Crippen LogP contribution in [0.3, 0.4) is 0 Å². The number of carbonyl (C=O) groups is 1. The summed E-state index contributed by atoms with van der Waals surface area (Å²) in [6.45, 7) is 3.59. The van der Waals surface area contributed by atoms with Crippen LogP contribution in [0.1, 0.15) is 21.5 Å². The summed E-state index contributed by atoms with van der Waals surface area (Å²) in [5.41, 5.74) is 2.51. The van der Waals surface area contributed by atoms with Gasteiger partial charge in [0.2, 0.25) is 0 Å². The van der Waals surface area contributed by atoms with Gasteiger partial charge in [0, 0.05) is 10.2 Å². The molecule has 0 aromatic heterocycles. The summed E-state index contributed by atoms with van der Waals surface area (Å²) in [6.07, 6.45) is 0. The van der Waals surface area contributed by atoms with E-state index in [1.54, 1.807) is 25.1 Å². The maximum Gasteiger partial charge on any atom is 0.256 e. The highest BCUT2D eigenvalue weighted by molar-refractivity contribution is 9.10. The van der Waals surface area contributed by atoms with E-state index in [4.69, 9.17) is 0 Å². The molecule has 0 aliphatic heterocycles. The maximum atomic E-state index is 13.4. The Hall–Kier alpha value is -1.68. The van der Waals surface area contributed by atoms with Crippen molar-refractivity contribution < 1.29 is 9.18 Å². The van der Waals surface area contributed by atoms with E-state index in [9.17, 15) is 9.18 Å². The van der Waals surface area contributed by atoms with Crippen molar-refractivity contribution in [3.8, 4) is 0 Å². The molecule has 4 heteroatoms. The molecule has 2 nitrogen and oxygen atoms in total. The molecular weight excluding hydrogens is 309 g/mol. The number of carbonyl (C=O) groups excluding carboxylic acids is 1. The largest absolute Gasteiger partial charge is 0.322 e. The quantitative estimate of drug-likeness (QED) is 0.869. The summed E-state index contributed by atoms with van der Waals surface area (Å²) >= 11 is 3.34. The minimum Gasteiger partial charge on any atom is -0.322 e. The van der Waals surface area contributed by atoms with E-state index in [0.29, 0.717) is 21.3 Å². The van der Waals surface area contributed by atoms with Gasteiger partial charge < -0.3 is 5.32 Å². The lowest BCUT2D eigenvalue weighted by atomic mass is 10.1. The first-order valence-corrected chi connectivity index (χ1v) is 6.60. The van der Waals surface area contributed by atoms with Gasteiger partial charge in [-0.05, 0) is 59.6 Å². The van der Waals surface area contributed by atoms with Crippen molar-refractivity contribution >= 4 is 27.5 Å². The van der Waals surface area contributed by atoms with Gasteiger partial charge in [-0.3, -0.25) is 4.79 Å². The minimum absolute atomic E-state index is 0.265. The van der Waals surface area contributed by atoms with Gasteiger partial charge in [-0.2, -0.15) is 0 Å². The van der Waals surface area contributed by atoms with E-state index < -0.39 is 0 Å². The van der Waals surface area contributed by atoms with Crippen molar-refractivity contribution in [3.63, 3.8) is 0 Å². The number of halogens is 2. The lowest BCUT2D eigenvalue weighted by molar-refractivity contribution is 0.102. The van der Waals surface area contributed by atoms with Crippen LogP contribution in [0.5, 0.6) is 0 Å². The number of benzene rings is 2. The highest BCUT2D eigenvalue weighted by Crippen LogP contribution is 2.20. The van der Waals surface area contributed by atoms with E-state index in [1.807, 2.05) is 19.1 Å². The number of rotatable bonds is 2. The Morgan fingerprint density at radius 2 is 1.89 bits per heavy atom. The van der Waals surface area contributed by atoms with Gasteiger partial charge in [-0.25, -0.2) is 4.39 Å². The summed E-state index contributed by atoms with van der Waals surface area (Å²) in [5, 5.41) is 2.69. The van der Waals surface area contributed by atoms with Crippen molar-refractivity contribution in [2.24, 2.45) is 0 Å². The SMILES string of the molecule is Cc1ccc(Br)c(C(=O)Nc2ccc(C)c(F)c2)c1. The Morgan fingerprint density at radius 3 is 2.58 bits per heavy atom. The Labute approximate surface area is 119 Å². The summed E-state index contributed by atoms with van der Waals surface area (Å²) in [5.74, 6) is -0.597. The zero-order valence-electron chi connectivity index (χ0n) is 10.6. The number of nitrogens with one attached hydrogen (secondary N) is 1. The molecule has 2 aromatic rings. The molecular formula is C15H13BrFNO. The van der Waals surface area contributed by atoms with E-state index in [2.05, 4.69) is 21.2 Å². The number of anilines is 1. The van der Waals surface area contributed by atoms with Gasteiger partial charge in [0.15, 0.2) is 0 Å². The molecule has 0 heterocycles. The molecule has 0 fully saturated rings. The second-order valence-corrected chi connectivity index (χ2v) is 5.26. The monoisotopic (exact) mass is 321 g/mol. The molecule has 19 heavy (non-hydrogen) atoms. The van der Waals surface area contributed by atoms with E-state index >= 15 is 0 Å². The standard InChI is InChI=1S/C15H13BrFNO/c1-9-3-6-13(16)12(7-9)15(19)18-11-5-4-10(2)14(17)8-11/h3-8H,1-2H3,(H,18,19). The Kier molecular flexibility index (Phi) is 4.00. The van der Waals surface area contributed by atoms with Crippen molar-refractivity contribution in [2.75, 3.05) is 5.32 Å². The smallest absolute Gasteiger partial charge is 0.256 e. The van der Waals surface area contributed by atoms with Gasteiger partial charge in [0.05, 0.1) is 5.56 Å². The van der Waals surface area contributed by atoms with E-state index in [1.165, 1.54) is 6.07 Å². The van der Waals surface area contributed by atoms with Crippen molar-refractivity contribution in [1.82, 2.24) is 0 Å². The fourth-order valence-electron chi connectivity index (χ4n) is 1.68. The average Bonchev–Trinajstić information content (AvgIpc) is 2.36. The molecule has 0 saturated heterocycles. The first kappa shape index (κ1) is 13.7. The number of aryl methyl sites for hydroxylation is 2. The van der Waals surface area contributed by atoms with Crippen LogP contribution in [0.15, 0.2) is 40.9 Å². The second kappa shape index (κ2) is 5.53. The predicted molar refractivity (Wildman–Crippen MR) is 78.0 cm³/mol. The molecule has 98 valence electrons. The van der Waals surface area contributed by atoms with Gasteiger partial charge in [-0.15, -0.1) is 0 Å². The topological polar surface area (TPSA) is 29.1 Å². The van der Waals surface area contributed by atoms with Crippen LogP contribution >= 0.6 is 15.9 Å². The molecule has 0 atom stereocenters. The van der Waals surface area contributed by atoms with Crippen LogP contribution in [0.2, 0.25) is 0 Å². The molecule has 0 aliphatic carbocycles. The summed E-state index contributed by atoms with van der Waals surface area (Å²) in [4.78, 5) is 12.1. The van der Waals surface area contributed by atoms with Crippen LogP contribution in [0, 0.1) is 19.7 Å². The second-order valence-electron chi connectivity index (χ2n) is 4.40. The normalized spacial score (nSPS) is 10.3. The lowest BCUT2D eigenvalue weighted by Gasteiger charge is -2.08. The Bertz CT molecular complexity index is 640. The molecule has 2 rings (SSSR count). The predicted octanol–water partition coefficient (Wildman–Crippen LogP) is 4.46. The summed E-state index contributed by atoms with van der Waals surface area (Å²) < 4.78 is 14.1. The number of amides is 1. The third-order valence-electron chi connectivity index (χ3n) is 2.80. The fraction of sp³-hybridized carbons (Fsp3) is 0.133. The highest BCUT2D eigenvalue weighted by atomic mass is 79.9. The molecule has 0 bridgehead atoms. The zero-order chi connectivity index (χ0) is 14.0. The van der Waals surface area contributed by atoms with Crippen LogP contribution in [0.4, 0.5) is 10.1 Å². The molecule has 1 N–H and O–H groups in total. The van der Waals surface area contributed by atoms with Crippen LogP contribution < -0.4 is 5.32 Å². The van der Waals surface area contributed by atoms with Crippen LogP contribution in [0.25, 0.3) is 0 Å². The van der Waals surface area contributed by atoms with Crippen LogP contribution in [-0.4, -0.2) is 5.91 Å². The highest BCUT2D eigenvalue weighted by Gasteiger charge is 2.11. The van der Waals surface area contributed by atoms with Gasteiger partial charge in [-0.1, -0.05) is 17.7 Å². The van der Waals surface area contributed by atoms with Crippen molar-refractivity contribution in [1.29, 1.82) is 0 Å². The molecule has 1 amide bonds. The fourth-order valence-corrected chi connectivity index (χ4v) is 2.11. The maximum absolute atomic E-state index is 13.4. The first-order valence-electron chi connectivity index (χ1n) is 5.81. The van der Waals surface area contributed by atoms with Crippen molar-refractivity contribution in [2.45, 2.75) is 13.8 Å². The van der Waals surface area contributed by atoms with E-state index in [0.717, 1.165) is 5.56 Å². The molecule has 0 unspecified atom stereocenters. The number of hydrogen-bond acceptors (Lipinski definition) is 1. The van der Waals surface area contributed by atoms with Gasteiger partial charge >= 0.3 is 0 Å². The molecule has 0 saturated carbocycles. The average molecular weight is 322 g/mol. The Morgan fingerprint density at radius 1 is 1.16 bits per heavy atom. The molecule has 0 spiro atoms. The van der Waals surface area contributed by atoms with Gasteiger partial charge in [0.1, 0.15) is 5.82 Å². The van der Waals surface area contributed by atoms with Gasteiger partial charge in [0.25, 0.3) is 5.91 Å². The minimum atomic E-state index is -0.332. The van der Waals surface area contributed by atoms with Crippen molar-refractivity contribution in [3.05, 3.63) is 63.4 Å². The summed E-state index contributed by atoms with van der Waals surface area (Å²) in [6, 6.07) is 10.1. The number of hydrogen-bond donors (Lipinski definition) is 1. The Balaban J connectivity index is 2.25. The third kappa shape index (κ3) is 3.20. The molecule has 0 aliphatic rings. The third-order valence-corrected chi connectivity index (χ3v) is 3.49. The lowest BCUT2D eigenvalue weighted by Crippen LogP contribution is -2.13. The summed E-state index contributed by atoms with van der Waals surface area (Å²) in [7, 11) is 0.